The first-order valence-corrected chi connectivity index (χ1v) is 10.5. The summed E-state index contributed by atoms with van der Waals surface area (Å²) in [6.45, 7) is -5.38. The lowest BCUT2D eigenvalue weighted by molar-refractivity contribution is -0.117. The van der Waals surface area contributed by atoms with E-state index in [4.69, 9.17) is 20.1 Å². The van der Waals surface area contributed by atoms with Gasteiger partial charge in [-0.3, -0.25) is 9.78 Å². The van der Waals surface area contributed by atoms with E-state index in [1.54, 1.807) is 48.5 Å². The van der Waals surface area contributed by atoms with Crippen molar-refractivity contribution in [3.8, 4) is 0 Å². The van der Waals surface area contributed by atoms with Crippen molar-refractivity contribution in [2.75, 3.05) is 11.9 Å². The van der Waals surface area contributed by atoms with Crippen LogP contribution in [0.5, 0.6) is 0 Å². The van der Waals surface area contributed by atoms with Crippen LogP contribution in [0.3, 0.4) is 0 Å². The average molecular weight is 461 g/mol. The second-order valence-electron chi connectivity index (χ2n) is 7.71. The van der Waals surface area contributed by atoms with E-state index in [0.717, 1.165) is 17.5 Å². The largest absolute Gasteiger partial charge is 0.457 e. The Hall–Kier alpha value is -4.03. The summed E-state index contributed by atoms with van der Waals surface area (Å²) in [5, 5.41) is 4.29. The van der Waals surface area contributed by atoms with Crippen LogP contribution < -0.4 is 11.1 Å². The molecule has 0 fully saturated rings. The zero-order valence-corrected chi connectivity index (χ0v) is 18.2. The summed E-state index contributed by atoms with van der Waals surface area (Å²) in [6.07, 6.45) is 1.68. The number of nitrogens with zero attached hydrogens (tertiary/aromatic N) is 1. The van der Waals surface area contributed by atoms with E-state index in [0.29, 0.717) is 22.2 Å². The molecule has 0 bridgehead atoms. The van der Waals surface area contributed by atoms with Crippen molar-refractivity contribution < 1.29 is 23.9 Å². The first-order valence-electron chi connectivity index (χ1n) is 14.0. The van der Waals surface area contributed by atoms with Crippen LogP contribution in [0.4, 0.5) is 5.69 Å². The Morgan fingerprint density at radius 1 is 1.06 bits per heavy atom. The number of pyridine rings is 1. The van der Waals surface area contributed by atoms with Crippen LogP contribution in [0.15, 0.2) is 79.1 Å². The fourth-order valence-corrected chi connectivity index (χ4v) is 3.52. The standard InChI is InChI=1S/C28H27N3O3/c1-18-3-10-25(19(2)13-18)28(33)34-17-20-4-6-21(7-5-20)26(15-29)27(32)31-24-9-8-23-16-30-12-11-22(23)14-24/h3-14,16,26H,15,17,29H2,1-2H3,(H,31,32)/i1D3,2D3,16D. The minimum absolute atomic E-state index is 0.0404. The molecule has 3 N–H and O–H groups in total. The highest BCUT2D eigenvalue weighted by Gasteiger charge is 2.19. The van der Waals surface area contributed by atoms with Gasteiger partial charge in [0.15, 0.2) is 0 Å². The molecular formula is C28H27N3O3. The number of anilines is 1. The van der Waals surface area contributed by atoms with E-state index >= 15 is 0 Å². The fraction of sp³-hybridized carbons (Fsp3) is 0.179. The number of aromatic nitrogens is 1. The normalized spacial score (nSPS) is 15.5. The van der Waals surface area contributed by atoms with E-state index in [1.165, 1.54) is 12.3 Å². The lowest BCUT2D eigenvalue weighted by Gasteiger charge is -2.16. The fourth-order valence-electron chi connectivity index (χ4n) is 3.52. The number of nitrogens with one attached hydrogen (secondary N) is 1. The number of amides is 1. The van der Waals surface area contributed by atoms with Crippen LogP contribution >= 0.6 is 0 Å². The molecule has 0 saturated carbocycles. The number of benzene rings is 3. The molecule has 1 amide bonds. The van der Waals surface area contributed by atoms with Crippen LogP contribution in [0.25, 0.3) is 10.8 Å². The predicted octanol–water partition coefficient (Wildman–Crippen LogP) is 4.89. The first kappa shape index (κ1) is 15.7. The Morgan fingerprint density at radius 2 is 1.91 bits per heavy atom. The molecule has 1 atom stereocenters. The van der Waals surface area contributed by atoms with Crippen LogP contribution in [-0.2, 0) is 16.1 Å². The zero-order valence-electron chi connectivity index (χ0n) is 25.2. The minimum atomic E-state index is -2.72. The second-order valence-corrected chi connectivity index (χ2v) is 7.71. The number of hydrogen-bond donors (Lipinski definition) is 2. The highest BCUT2D eigenvalue weighted by atomic mass is 16.5. The second kappa shape index (κ2) is 10.3. The van der Waals surface area contributed by atoms with Gasteiger partial charge in [-0.2, -0.15) is 0 Å². The SMILES string of the molecule is [2H]c1nccc2cc(NC(=O)C(CN)c3ccc(COC(=O)c4ccc(C([2H])([2H])[2H])cc4C([2H])([2H])[2H])cc3)ccc12. The first-order chi connectivity index (χ1) is 19.3. The molecule has 6 heteroatoms. The maximum absolute atomic E-state index is 13.0. The van der Waals surface area contributed by atoms with Crippen molar-refractivity contribution in [3.05, 3.63) is 107 Å². The van der Waals surface area contributed by atoms with Gasteiger partial charge in [0.2, 0.25) is 5.91 Å². The maximum Gasteiger partial charge on any atom is 0.338 e. The van der Waals surface area contributed by atoms with Crippen molar-refractivity contribution in [1.82, 2.24) is 4.98 Å². The van der Waals surface area contributed by atoms with Gasteiger partial charge in [0.05, 0.1) is 12.9 Å². The summed E-state index contributed by atoms with van der Waals surface area (Å²) in [5.74, 6) is -1.88. The number of esters is 1. The monoisotopic (exact) mass is 460 g/mol. The number of carbonyl (C=O) groups is 2. The highest BCUT2D eigenvalue weighted by Crippen LogP contribution is 2.22. The lowest BCUT2D eigenvalue weighted by Crippen LogP contribution is -2.27. The molecule has 1 aromatic heterocycles. The Morgan fingerprint density at radius 3 is 2.68 bits per heavy atom. The van der Waals surface area contributed by atoms with Crippen LogP contribution in [0.2, 0.25) is 0 Å². The third-order valence-corrected chi connectivity index (χ3v) is 5.38. The molecule has 172 valence electrons. The van der Waals surface area contributed by atoms with Gasteiger partial charge in [-0.1, -0.05) is 48.0 Å². The highest BCUT2D eigenvalue weighted by molar-refractivity contribution is 5.98. The van der Waals surface area contributed by atoms with E-state index in [9.17, 15) is 9.59 Å². The predicted molar refractivity (Wildman–Crippen MR) is 134 cm³/mol. The Kier molecular flexibility index (Phi) is 4.76. The van der Waals surface area contributed by atoms with Gasteiger partial charge in [-0.05, 0) is 60.0 Å². The molecule has 0 radical (unpaired) electrons. The quantitative estimate of drug-likeness (QED) is 0.383. The number of carbonyl (C=O) groups excluding carboxylic acids is 2. The van der Waals surface area contributed by atoms with E-state index in [2.05, 4.69) is 10.3 Å². The smallest absolute Gasteiger partial charge is 0.338 e. The van der Waals surface area contributed by atoms with E-state index in [1.807, 2.05) is 0 Å². The van der Waals surface area contributed by atoms with Gasteiger partial charge in [-0.25, -0.2) is 4.79 Å². The molecule has 0 aliphatic rings. The van der Waals surface area contributed by atoms with Gasteiger partial charge in [0, 0.05) is 38.2 Å². The number of fused-ring (bicyclic) bond motifs is 1. The zero-order chi connectivity index (χ0) is 29.9. The number of ether oxygens (including phenoxy) is 1. The maximum atomic E-state index is 13.0. The molecule has 6 nitrogen and oxygen atoms in total. The number of rotatable bonds is 7. The molecule has 4 aromatic rings. The van der Waals surface area contributed by atoms with Gasteiger partial charge in [-0.15, -0.1) is 0 Å². The summed E-state index contributed by atoms with van der Waals surface area (Å²) < 4.78 is 58.9. The summed E-state index contributed by atoms with van der Waals surface area (Å²) in [7, 11) is 0. The molecule has 3 aromatic carbocycles. The molecule has 0 aliphatic heterocycles. The van der Waals surface area contributed by atoms with E-state index in [-0.39, 0.29) is 36.4 Å². The third kappa shape index (κ3) is 5.30. The number of hydrogen-bond acceptors (Lipinski definition) is 5. The molecule has 0 saturated heterocycles. The van der Waals surface area contributed by atoms with Gasteiger partial charge in [0.1, 0.15) is 6.61 Å². The molecule has 0 aliphatic carbocycles. The van der Waals surface area contributed by atoms with Crippen LogP contribution in [0.1, 0.15) is 48.1 Å². The minimum Gasteiger partial charge on any atom is -0.457 e. The van der Waals surface area contributed by atoms with Crippen LogP contribution in [-0.4, -0.2) is 23.4 Å². The topological polar surface area (TPSA) is 94.3 Å². The van der Waals surface area contributed by atoms with Gasteiger partial charge >= 0.3 is 5.97 Å². The molecule has 0 spiro atoms. The molecule has 34 heavy (non-hydrogen) atoms. The van der Waals surface area contributed by atoms with E-state index < -0.39 is 31.2 Å². The van der Waals surface area contributed by atoms with Gasteiger partial charge in [0.25, 0.3) is 0 Å². The summed E-state index contributed by atoms with van der Waals surface area (Å²) >= 11 is 0. The van der Waals surface area contributed by atoms with Crippen molar-refractivity contribution in [2.45, 2.75) is 26.2 Å². The summed E-state index contributed by atoms with van der Waals surface area (Å²) in [5.41, 5.74) is 6.87. The van der Waals surface area contributed by atoms with Gasteiger partial charge < -0.3 is 15.8 Å². The molecule has 1 unspecified atom stereocenters. The van der Waals surface area contributed by atoms with Crippen molar-refractivity contribution in [3.63, 3.8) is 0 Å². The van der Waals surface area contributed by atoms with Crippen molar-refractivity contribution >= 4 is 28.3 Å². The van der Waals surface area contributed by atoms with Crippen molar-refractivity contribution in [2.24, 2.45) is 5.73 Å². The average Bonchev–Trinajstić information content (AvgIpc) is 2.91. The number of nitrogens with two attached hydrogens (primary N) is 1. The summed E-state index contributed by atoms with van der Waals surface area (Å²) in [4.78, 5) is 29.7. The van der Waals surface area contributed by atoms with Crippen LogP contribution in [0, 0.1) is 13.7 Å². The number of aryl methyl sites for hydroxylation is 2. The molecule has 4 rings (SSSR count). The van der Waals surface area contributed by atoms with Crippen molar-refractivity contribution in [1.29, 1.82) is 0 Å². The Balaban J connectivity index is 1.43. The Bertz CT molecular complexity index is 1590. The lowest BCUT2D eigenvalue weighted by atomic mass is 9.97. The molecular weight excluding hydrogens is 426 g/mol. The Labute approximate surface area is 208 Å². The third-order valence-electron chi connectivity index (χ3n) is 5.38. The summed E-state index contributed by atoms with van der Waals surface area (Å²) in [6, 6.07) is 17.0. The molecule has 1 heterocycles.